The molecule has 0 aliphatic heterocycles. The third kappa shape index (κ3) is 2.75. The molecule has 0 atom stereocenters. The molecule has 1 aromatic carbocycles. The Morgan fingerprint density at radius 3 is 2.29 bits per heavy atom. The highest BCUT2D eigenvalue weighted by atomic mass is 79.9. The minimum atomic E-state index is 0.182. The Hall–Kier alpha value is -1.16. The number of aromatic nitrogens is 3. The Morgan fingerprint density at radius 1 is 1.18 bits per heavy atom. The highest BCUT2D eigenvalue weighted by Crippen LogP contribution is 2.23. The van der Waals surface area contributed by atoms with Crippen LogP contribution in [0.4, 0.5) is 0 Å². The van der Waals surface area contributed by atoms with Crippen LogP contribution >= 0.6 is 15.9 Å². The predicted molar refractivity (Wildman–Crippen MR) is 72.7 cm³/mol. The summed E-state index contributed by atoms with van der Waals surface area (Å²) in [4.78, 5) is 0. The second-order valence-corrected chi connectivity index (χ2v) is 5.65. The van der Waals surface area contributed by atoms with E-state index < -0.39 is 0 Å². The highest BCUT2D eigenvalue weighted by Gasteiger charge is 2.13. The van der Waals surface area contributed by atoms with Crippen LogP contribution in [0.1, 0.15) is 32.0 Å². The maximum atomic E-state index is 4.09. The molecular formula is C13H16BrN3. The number of hydrogen-bond donors (Lipinski definition) is 0. The molecule has 0 unspecified atom stereocenters. The first-order valence-corrected chi connectivity index (χ1v) is 6.71. The van der Waals surface area contributed by atoms with Gasteiger partial charge in [-0.1, -0.05) is 54.0 Å². The lowest BCUT2D eigenvalue weighted by Gasteiger charge is -2.18. The van der Waals surface area contributed by atoms with E-state index in [0.717, 1.165) is 16.7 Å². The normalized spacial score (nSPS) is 11.8. The summed E-state index contributed by atoms with van der Waals surface area (Å²) >= 11 is 3.37. The number of benzene rings is 1. The van der Waals surface area contributed by atoms with Crippen molar-refractivity contribution in [2.24, 2.45) is 0 Å². The van der Waals surface area contributed by atoms with Gasteiger partial charge in [-0.25, -0.2) is 4.68 Å². The van der Waals surface area contributed by atoms with E-state index in [1.165, 1.54) is 5.56 Å². The molecule has 17 heavy (non-hydrogen) atoms. The van der Waals surface area contributed by atoms with Gasteiger partial charge in [0.1, 0.15) is 0 Å². The van der Waals surface area contributed by atoms with Crippen LogP contribution in [0.15, 0.2) is 30.5 Å². The molecule has 90 valence electrons. The zero-order valence-electron chi connectivity index (χ0n) is 10.3. The van der Waals surface area contributed by atoms with Gasteiger partial charge in [0, 0.05) is 5.33 Å². The molecule has 0 saturated carbocycles. The van der Waals surface area contributed by atoms with Crippen molar-refractivity contribution < 1.29 is 0 Å². The van der Waals surface area contributed by atoms with E-state index in [0.29, 0.717) is 0 Å². The number of alkyl halides is 1. The van der Waals surface area contributed by atoms with E-state index in [-0.39, 0.29) is 5.41 Å². The van der Waals surface area contributed by atoms with Gasteiger partial charge in [0.05, 0.1) is 17.6 Å². The van der Waals surface area contributed by atoms with Crippen molar-refractivity contribution in [2.75, 3.05) is 0 Å². The number of halogens is 1. The average Bonchev–Trinajstić information content (AvgIpc) is 2.76. The van der Waals surface area contributed by atoms with Gasteiger partial charge in [-0.3, -0.25) is 0 Å². The molecule has 1 heterocycles. The van der Waals surface area contributed by atoms with Crippen LogP contribution in [0.5, 0.6) is 0 Å². The highest BCUT2D eigenvalue weighted by molar-refractivity contribution is 9.08. The van der Waals surface area contributed by atoms with E-state index in [1.807, 2.05) is 6.20 Å². The van der Waals surface area contributed by atoms with Gasteiger partial charge in [0.2, 0.25) is 0 Å². The quantitative estimate of drug-likeness (QED) is 0.794. The van der Waals surface area contributed by atoms with Crippen molar-refractivity contribution in [3.05, 3.63) is 41.7 Å². The number of hydrogen-bond acceptors (Lipinski definition) is 2. The summed E-state index contributed by atoms with van der Waals surface area (Å²) in [7, 11) is 0. The Labute approximate surface area is 110 Å². The smallest absolute Gasteiger partial charge is 0.0937 e. The van der Waals surface area contributed by atoms with Crippen LogP contribution in [0.3, 0.4) is 0 Å². The standard InChI is InChI=1S/C13H16BrN3/c1-13(2,3)10-4-6-12(7-5-10)17-9-11(8-14)15-16-17/h4-7,9H,8H2,1-3H3. The first-order chi connectivity index (χ1) is 8.00. The zero-order chi connectivity index (χ0) is 12.5. The fourth-order valence-electron chi connectivity index (χ4n) is 1.60. The largest absolute Gasteiger partial charge is 0.220 e. The molecule has 2 aromatic rings. The Kier molecular flexibility index (Phi) is 3.33. The molecule has 1 aromatic heterocycles. The van der Waals surface area contributed by atoms with E-state index in [2.05, 4.69) is 71.3 Å². The lowest BCUT2D eigenvalue weighted by Crippen LogP contribution is -2.10. The van der Waals surface area contributed by atoms with Gasteiger partial charge in [0.25, 0.3) is 0 Å². The summed E-state index contributed by atoms with van der Waals surface area (Å²) < 4.78 is 1.79. The second-order valence-electron chi connectivity index (χ2n) is 5.08. The first-order valence-electron chi connectivity index (χ1n) is 5.59. The first kappa shape index (κ1) is 12.3. The Morgan fingerprint density at radius 2 is 1.82 bits per heavy atom. The molecule has 0 bridgehead atoms. The van der Waals surface area contributed by atoms with Gasteiger partial charge in [0.15, 0.2) is 0 Å². The third-order valence-electron chi connectivity index (χ3n) is 2.68. The Bertz CT molecular complexity index is 494. The minimum absolute atomic E-state index is 0.182. The molecule has 0 radical (unpaired) electrons. The maximum Gasteiger partial charge on any atom is 0.0937 e. The van der Waals surface area contributed by atoms with Crippen molar-refractivity contribution in [2.45, 2.75) is 31.5 Å². The summed E-state index contributed by atoms with van der Waals surface area (Å²) in [6.07, 6.45) is 1.93. The fraction of sp³-hybridized carbons (Fsp3) is 0.385. The molecule has 2 rings (SSSR count). The Balaban J connectivity index is 2.29. The molecule has 0 aliphatic carbocycles. The van der Waals surface area contributed by atoms with Crippen LogP contribution in [0, 0.1) is 0 Å². The summed E-state index contributed by atoms with van der Waals surface area (Å²) in [6, 6.07) is 8.44. The topological polar surface area (TPSA) is 30.7 Å². The molecule has 0 amide bonds. The second kappa shape index (κ2) is 4.61. The molecule has 0 aliphatic rings. The molecular weight excluding hydrogens is 278 g/mol. The lowest BCUT2D eigenvalue weighted by molar-refractivity contribution is 0.590. The van der Waals surface area contributed by atoms with Gasteiger partial charge >= 0.3 is 0 Å². The molecule has 4 heteroatoms. The van der Waals surface area contributed by atoms with Crippen LogP contribution in [0.2, 0.25) is 0 Å². The summed E-state index contributed by atoms with van der Waals surface area (Å²) in [5.41, 5.74) is 3.48. The van der Waals surface area contributed by atoms with Gasteiger partial charge in [-0.15, -0.1) is 5.10 Å². The SMILES string of the molecule is CC(C)(C)c1ccc(-n2cc(CBr)nn2)cc1. The minimum Gasteiger partial charge on any atom is -0.220 e. The van der Waals surface area contributed by atoms with Crippen molar-refractivity contribution >= 4 is 15.9 Å². The van der Waals surface area contributed by atoms with Crippen molar-refractivity contribution in [1.82, 2.24) is 15.0 Å². The monoisotopic (exact) mass is 293 g/mol. The van der Waals surface area contributed by atoms with Crippen LogP contribution < -0.4 is 0 Å². The third-order valence-corrected chi connectivity index (χ3v) is 3.25. The lowest BCUT2D eigenvalue weighted by atomic mass is 9.87. The maximum absolute atomic E-state index is 4.09. The summed E-state index contributed by atoms with van der Waals surface area (Å²) in [6.45, 7) is 6.63. The zero-order valence-corrected chi connectivity index (χ0v) is 11.9. The average molecular weight is 294 g/mol. The predicted octanol–water partition coefficient (Wildman–Crippen LogP) is 3.46. The fourth-order valence-corrected chi connectivity index (χ4v) is 1.86. The molecule has 0 N–H and O–H groups in total. The van der Waals surface area contributed by atoms with Crippen molar-refractivity contribution in [3.8, 4) is 5.69 Å². The molecule has 3 nitrogen and oxygen atoms in total. The van der Waals surface area contributed by atoms with Crippen LogP contribution in [-0.2, 0) is 10.7 Å². The van der Waals surface area contributed by atoms with Crippen molar-refractivity contribution in [3.63, 3.8) is 0 Å². The van der Waals surface area contributed by atoms with Crippen LogP contribution in [0.25, 0.3) is 5.69 Å². The van der Waals surface area contributed by atoms with Crippen LogP contribution in [-0.4, -0.2) is 15.0 Å². The van der Waals surface area contributed by atoms with Gasteiger partial charge in [-0.05, 0) is 23.1 Å². The summed E-state index contributed by atoms with van der Waals surface area (Å²) in [5, 5.41) is 8.86. The summed E-state index contributed by atoms with van der Waals surface area (Å²) in [5.74, 6) is 0. The molecule has 0 fully saturated rings. The van der Waals surface area contributed by atoms with Crippen molar-refractivity contribution in [1.29, 1.82) is 0 Å². The van der Waals surface area contributed by atoms with E-state index >= 15 is 0 Å². The molecule has 0 spiro atoms. The van der Waals surface area contributed by atoms with E-state index in [4.69, 9.17) is 0 Å². The van der Waals surface area contributed by atoms with Gasteiger partial charge in [-0.2, -0.15) is 0 Å². The van der Waals surface area contributed by atoms with E-state index in [1.54, 1.807) is 4.68 Å². The number of rotatable bonds is 2. The van der Waals surface area contributed by atoms with Gasteiger partial charge < -0.3 is 0 Å². The molecule has 0 saturated heterocycles. The number of nitrogens with zero attached hydrogens (tertiary/aromatic N) is 3. The van der Waals surface area contributed by atoms with E-state index in [9.17, 15) is 0 Å².